The van der Waals surface area contributed by atoms with Gasteiger partial charge in [-0.1, -0.05) is 0 Å². The van der Waals surface area contributed by atoms with Gasteiger partial charge in [-0.15, -0.1) is 0 Å². The predicted molar refractivity (Wildman–Crippen MR) is 76.5 cm³/mol. The second kappa shape index (κ2) is 6.69. The van der Waals surface area contributed by atoms with E-state index in [0.717, 1.165) is 28.3 Å². The van der Waals surface area contributed by atoms with Crippen LogP contribution in [0.25, 0.3) is 0 Å². The van der Waals surface area contributed by atoms with Gasteiger partial charge in [0, 0.05) is 0 Å². The summed E-state index contributed by atoms with van der Waals surface area (Å²) in [5.74, 6) is 3.71. The van der Waals surface area contributed by atoms with Gasteiger partial charge in [0.25, 0.3) is 0 Å². The van der Waals surface area contributed by atoms with Crippen molar-refractivity contribution in [2.45, 2.75) is 30.3 Å². The minimum atomic E-state index is -0.642. The summed E-state index contributed by atoms with van der Waals surface area (Å²) in [4.78, 5) is 0. The molecule has 4 aliphatic rings. The van der Waals surface area contributed by atoms with Crippen LogP contribution in [0.2, 0.25) is 4.64 Å². The van der Waals surface area contributed by atoms with E-state index < -0.39 is 31.9 Å². The number of fused-ring (bicyclic) bond motifs is 2. The van der Waals surface area contributed by atoms with E-state index in [9.17, 15) is 0 Å². The summed E-state index contributed by atoms with van der Waals surface area (Å²) in [5.41, 5.74) is 0. The maximum atomic E-state index is 2.54. The van der Waals surface area contributed by atoms with Crippen molar-refractivity contribution in [2.24, 2.45) is 23.7 Å². The Labute approximate surface area is 145 Å². The van der Waals surface area contributed by atoms with Gasteiger partial charge in [0.1, 0.15) is 0 Å². The van der Waals surface area contributed by atoms with Crippen LogP contribution in [0, 0.1) is 55.5 Å². The molecule has 0 aliphatic heterocycles. The predicted octanol–water partition coefficient (Wildman–Crippen LogP) is 1.96. The van der Waals surface area contributed by atoms with Crippen LogP contribution in [-0.2, 0) is 0 Å². The first-order chi connectivity index (χ1) is 9.42. The standard InChI is InChI=1S/2C9H11.ClH.La/c2*1-2-5-9-7-3-6-8(9)4-1;;/h2*1-2,4-6,8-9H,3,7H2;1H;/q;;;+1/p-1. The quantitative estimate of drug-likeness (QED) is 0.650. The van der Waals surface area contributed by atoms with Crippen LogP contribution in [0.15, 0.2) is 48.6 Å². The SMILES string of the molecule is C1=CC2CC[CH]([La+][CH]3CCC4C=CC=CC43)C2C=C1.[Cl-]. The van der Waals surface area contributed by atoms with Gasteiger partial charge >= 0.3 is 134 Å². The summed E-state index contributed by atoms with van der Waals surface area (Å²) >= 11 is -0.642. The van der Waals surface area contributed by atoms with Crippen LogP contribution in [0.1, 0.15) is 25.7 Å². The van der Waals surface area contributed by atoms with E-state index in [1.807, 2.05) is 0 Å². The van der Waals surface area contributed by atoms with E-state index in [4.69, 9.17) is 0 Å². The summed E-state index contributed by atoms with van der Waals surface area (Å²) in [5, 5.41) is 0. The van der Waals surface area contributed by atoms with Crippen molar-refractivity contribution >= 4 is 0 Å². The van der Waals surface area contributed by atoms with E-state index in [1.54, 1.807) is 12.8 Å². The fourth-order valence-electron chi connectivity index (χ4n) is 4.76. The summed E-state index contributed by atoms with van der Waals surface area (Å²) < 4.78 is 2.32. The summed E-state index contributed by atoms with van der Waals surface area (Å²) in [7, 11) is 0. The molecule has 0 bridgehead atoms. The molecule has 0 heterocycles. The molecule has 4 rings (SSSR count). The molecule has 0 spiro atoms. The topological polar surface area (TPSA) is 0 Å². The average molecular weight is 413 g/mol. The zero-order valence-electron chi connectivity index (χ0n) is 11.9. The molecule has 0 nitrogen and oxygen atoms in total. The molecule has 0 aromatic heterocycles. The van der Waals surface area contributed by atoms with Crippen molar-refractivity contribution in [3.05, 3.63) is 48.6 Å². The first kappa shape index (κ1) is 15.3. The van der Waals surface area contributed by atoms with Gasteiger partial charge in [0.2, 0.25) is 0 Å². The molecular formula is C18H22ClLa. The van der Waals surface area contributed by atoms with Crippen LogP contribution in [0.3, 0.4) is 0 Å². The second-order valence-corrected chi connectivity index (χ2v) is 13.3. The molecule has 0 aromatic carbocycles. The molecule has 2 heteroatoms. The Balaban J connectivity index is 0.00000121. The van der Waals surface area contributed by atoms with E-state index in [-0.39, 0.29) is 12.4 Å². The minimum absolute atomic E-state index is 0. The molecule has 0 radical (unpaired) electrons. The second-order valence-electron chi connectivity index (χ2n) is 6.70. The largest absolute Gasteiger partial charge is 1.00 e. The van der Waals surface area contributed by atoms with Gasteiger partial charge in [-0.25, -0.2) is 0 Å². The number of halogens is 1. The first-order valence-electron chi connectivity index (χ1n) is 7.97. The van der Waals surface area contributed by atoms with Crippen molar-refractivity contribution in [3.8, 4) is 0 Å². The van der Waals surface area contributed by atoms with E-state index in [2.05, 4.69) is 48.6 Å². The molecular weight excluding hydrogens is 391 g/mol. The van der Waals surface area contributed by atoms with Crippen molar-refractivity contribution in [1.82, 2.24) is 0 Å². The Hall–Kier alpha value is 0.445. The van der Waals surface area contributed by atoms with Gasteiger partial charge in [0.15, 0.2) is 0 Å². The number of allylic oxidation sites excluding steroid dienone is 8. The Morgan fingerprint density at radius 1 is 0.600 bits per heavy atom. The maximum absolute atomic E-state index is 2.54. The third-order valence-corrected chi connectivity index (χ3v) is 13.7. The monoisotopic (exact) mass is 412 g/mol. The van der Waals surface area contributed by atoms with Gasteiger partial charge in [-0.2, -0.15) is 0 Å². The maximum Gasteiger partial charge on any atom is -1.00 e. The fraction of sp³-hybridized carbons (Fsp3) is 0.556. The molecule has 0 amide bonds. The molecule has 0 aromatic rings. The molecule has 20 heavy (non-hydrogen) atoms. The van der Waals surface area contributed by atoms with Gasteiger partial charge in [-0.3, -0.25) is 0 Å². The summed E-state index contributed by atoms with van der Waals surface area (Å²) in [6.45, 7) is 0. The molecule has 104 valence electrons. The Bertz CT molecular complexity index is 420. The van der Waals surface area contributed by atoms with E-state index >= 15 is 0 Å². The Kier molecular flexibility index (Phi) is 5.13. The molecule has 6 atom stereocenters. The third-order valence-electron chi connectivity index (χ3n) is 5.74. The zero-order chi connectivity index (χ0) is 12.7. The molecule has 2 fully saturated rings. The van der Waals surface area contributed by atoms with Crippen molar-refractivity contribution < 1.29 is 44.3 Å². The number of hydrogen-bond acceptors (Lipinski definition) is 0. The van der Waals surface area contributed by atoms with Crippen molar-refractivity contribution in [2.75, 3.05) is 0 Å². The van der Waals surface area contributed by atoms with Crippen LogP contribution in [0.4, 0.5) is 0 Å². The van der Waals surface area contributed by atoms with Gasteiger partial charge in [-0.05, 0) is 0 Å². The Morgan fingerprint density at radius 2 is 1.05 bits per heavy atom. The van der Waals surface area contributed by atoms with Crippen LogP contribution in [-0.4, -0.2) is 0 Å². The van der Waals surface area contributed by atoms with Crippen LogP contribution in [0.5, 0.6) is 0 Å². The minimum Gasteiger partial charge on any atom is -1.00 e. The van der Waals surface area contributed by atoms with Crippen molar-refractivity contribution in [3.63, 3.8) is 0 Å². The fourth-order valence-corrected chi connectivity index (χ4v) is 13.4. The van der Waals surface area contributed by atoms with E-state index in [1.165, 1.54) is 12.8 Å². The smallest absolute Gasteiger partial charge is 1.00 e. The molecule has 2 saturated carbocycles. The number of hydrogen-bond donors (Lipinski definition) is 0. The molecule has 0 saturated heterocycles. The number of rotatable bonds is 2. The molecule has 0 N–H and O–H groups in total. The summed E-state index contributed by atoms with van der Waals surface area (Å²) in [6, 6.07) is 0. The van der Waals surface area contributed by atoms with E-state index in [0.29, 0.717) is 0 Å². The van der Waals surface area contributed by atoms with Gasteiger partial charge < -0.3 is 12.4 Å². The molecule has 6 unspecified atom stereocenters. The third kappa shape index (κ3) is 2.84. The summed E-state index contributed by atoms with van der Waals surface area (Å²) in [6.07, 6.45) is 25.3. The molecule has 4 aliphatic carbocycles. The first-order valence-corrected chi connectivity index (χ1v) is 12.2. The zero-order valence-corrected chi connectivity index (χ0v) is 16.2. The Morgan fingerprint density at radius 3 is 1.55 bits per heavy atom. The normalized spacial score (nSPS) is 43.8. The van der Waals surface area contributed by atoms with Crippen LogP contribution >= 0.6 is 0 Å². The van der Waals surface area contributed by atoms with Crippen molar-refractivity contribution in [1.29, 1.82) is 0 Å². The van der Waals surface area contributed by atoms with Gasteiger partial charge in [0.05, 0.1) is 0 Å². The average Bonchev–Trinajstić information content (AvgIpc) is 3.05. The van der Waals surface area contributed by atoms with Crippen LogP contribution < -0.4 is 12.4 Å².